The lowest BCUT2D eigenvalue weighted by Gasteiger charge is -2.12. The van der Waals surface area contributed by atoms with Crippen LogP contribution in [0.1, 0.15) is 21.7 Å². The number of carbonyl (C=O) groups is 1. The van der Waals surface area contributed by atoms with E-state index in [2.05, 4.69) is 15.5 Å². The molecule has 1 heterocycles. The second-order valence-corrected chi connectivity index (χ2v) is 6.53. The lowest BCUT2D eigenvalue weighted by Crippen LogP contribution is -2.13. The second-order valence-electron chi connectivity index (χ2n) is 6.09. The third kappa shape index (κ3) is 3.81. The Morgan fingerprint density at radius 1 is 1.08 bits per heavy atom. The second kappa shape index (κ2) is 7.49. The van der Waals surface area contributed by atoms with Crippen molar-refractivity contribution in [2.24, 2.45) is 0 Å². The largest absolute Gasteiger partial charge is 0.383 e. The smallest absolute Gasteiger partial charge is 0.198 e. The van der Waals surface area contributed by atoms with E-state index >= 15 is 0 Å². The van der Waals surface area contributed by atoms with Gasteiger partial charge in [0.15, 0.2) is 11.6 Å². The average Bonchev–Trinajstić information content (AvgIpc) is 3.09. The molecule has 3 rings (SSSR count). The Kier molecular flexibility index (Phi) is 5.14. The molecule has 0 atom stereocenters. The van der Waals surface area contributed by atoms with Crippen LogP contribution in [0, 0.1) is 6.92 Å². The van der Waals surface area contributed by atoms with Crippen molar-refractivity contribution in [1.82, 2.24) is 25.1 Å². The number of ketones is 1. The van der Waals surface area contributed by atoms with Crippen LogP contribution in [0.25, 0.3) is 11.3 Å². The summed E-state index contributed by atoms with van der Waals surface area (Å²) >= 11 is 5.95. The Morgan fingerprint density at radius 2 is 1.73 bits per heavy atom. The quantitative estimate of drug-likeness (QED) is 0.510. The van der Waals surface area contributed by atoms with Gasteiger partial charge in [0.1, 0.15) is 0 Å². The molecule has 3 aromatic rings. The van der Waals surface area contributed by atoms with Crippen molar-refractivity contribution in [1.29, 1.82) is 0 Å². The molecule has 0 aliphatic rings. The number of tetrazole rings is 1. The van der Waals surface area contributed by atoms with Gasteiger partial charge < -0.3 is 4.90 Å². The van der Waals surface area contributed by atoms with E-state index in [1.165, 1.54) is 4.68 Å². The topological polar surface area (TPSA) is 63.9 Å². The monoisotopic (exact) mass is 367 g/mol. The van der Waals surface area contributed by atoms with Crippen molar-refractivity contribution in [2.75, 3.05) is 14.1 Å². The van der Waals surface area contributed by atoms with E-state index in [4.69, 9.17) is 11.6 Å². The van der Waals surface area contributed by atoms with Crippen LogP contribution in [0.15, 0.2) is 54.7 Å². The predicted octanol–water partition coefficient (Wildman–Crippen LogP) is 3.41. The maximum atomic E-state index is 13.1. The van der Waals surface area contributed by atoms with Gasteiger partial charge in [0, 0.05) is 30.9 Å². The van der Waals surface area contributed by atoms with Gasteiger partial charge in [0.2, 0.25) is 0 Å². The first-order valence-electron chi connectivity index (χ1n) is 8.00. The van der Waals surface area contributed by atoms with E-state index in [-0.39, 0.29) is 5.78 Å². The normalized spacial score (nSPS) is 11.5. The maximum absolute atomic E-state index is 13.1. The first-order valence-corrected chi connectivity index (χ1v) is 8.38. The molecule has 0 amide bonds. The number of nitrogens with zero attached hydrogens (tertiary/aromatic N) is 5. The minimum absolute atomic E-state index is 0.149. The summed E-state index contributed by atoms with van der Waals surface area (Å²) in [5.41, 5.74) is 2.79. The molecule has 0 fully saturated rings. The fourth-order valence-corrected chi connectivity index (χ4v) is 2.57. The van der Waals surface area contributed by atoms with Gasteiger partial charge in [0.05, 0.1) is 11.3 Å². The Morgan fingerprint density at radius 3 is 2.35 bits per heavy atom. The van der Waals surface area contributed by atoms with Crippen molar-refractivity contribution in [3.05, 3.63) is 76.7 Å². The van der Waals surface area contributed by atoms with Crippen LogP contribution < -0.4 is 0 Å². The number of rotatable bonds is 5. The zero-order valence-electron chi connectivity index (χ0n) is 14.7. The van der Waals surface area contributed by atoms with Gasteiger partial charge >= 0.3 is 0 Å². The number of allylic oxidation sites excluding steroid dienone is 1. The van der Waals surface area contributed by atoms with Crippen LogP contribution >= 0.6 is 11.6 Å². The Balaban J connectivity index is 2.08. The summed E-state index contributed by atoms with van der Waals surface area (Å²) in [6, 6.07) is 14.5. The number of halogens is 1. The molecular weight excluding hydrogens is 350 g/mol. The highest BCUT2D eigenvalue weighted by Gasteiger charge is 2.22. The molecule has 0 aliphatic heterocycles. The summed E-state index contributed by atoms with van der Waals surface area (Å²) in [6.45, 7) is 1.98. The fraction of sp³-hybridized carbons (Fsp3) is 0.158. The molecule has 0 aliphatic carbocycles. The lowest BCUT2D eigenvalue weighted by molar-refractivity contribution is 0.105. The summed E-state index contributed by atoms with van der Waals surface area (Å²) in [7, 11) is 3.69. The van der Waals surface area contributed by atoms with E-state index in [0.29, 0.717) is 22.0 Å². The van der Waals surface area contributed by atoms with Crippen LogP contribution in [-0.2, 0) is 0 Å². The number of hydrogen-bond acceptors (Lipinski definition) is 5. The van der Waals surface area contributed by atoms with E-state index in [9.17, 15) is 4.79 Å². The zero-order valence-corrected chi connectivity index (χ0v) is 15.5. The van der Waals surface area contributed by atoms with Gasteiger partial charge in [-0.15, -0.1) is 5.10 Å². The van der Waals surface area contributed by atoms with E-state index in [0.717, 1.165) is 11.3 Å². The zero-order chi connectivity index (χ0) is 18.7. The number of aryl methyl sites for hydroxylation is 1. The molecule has 0 saturated heterocycles. The summed E-state index contributed by atoms with van der Waals surface area (Å²) in [5, 5.41) is 12.5. The molecule has 0 bridgehead atoms. The van der Waals surface area contributed by atoms with Crippen LogP contribution in [0.3, 0.4) is 0 Å². The minimum Gasteiger partial charge on any atom is -0.383 e. The molecule has 132 valence electrons. The van der Waals surface area contributed by atoms with Gasteiger partial charge in [-0.3, -0.25) is 4.79 Å². The molecule has 7 heteroatoms. The summed E-state index contributed by atoms with van der Waals surface area (Å²) in [5.74, 6) is 0.218. The molecule has 26 heavy (non-hydrogen) atoms. The number of hydrogen-bond donors (Lipinski definition) is 0. The number of Topliss-reactive ketones (excluding diaryl/α,β-unsaturated/α-hetero) is 1. The van der Waals surface area contributed by atoms with E-state index < -0.39 is 0 Å². The molecule has 0 saturated carbocycles. The van der Waals surface area contributed by atoms with Gasteiger partial charge in [-0.1, -0.05) is 41.4 Å². The molecule has 1 aromatic heterocycles. The highest BCUT2D eigenvalue weighted by Crippen LogP contribution is 2.22. The highest BCUT2D eigenvalue weighted by molar-refractivity contribution is 6.30. The average molecular weight is 368 g/mol. The van der Waals surface area contributed by atoms with Crippen LogP contribution in [0.5, 0.6) is 0 Å². The van der Waals surface area contributed by atoms with Gasteiger partial charge in [-0.2, -0.15) is 4.68 Å². The molecular formula is C19H18ClN5O. The van der Waals surface area contributed by atoms with Crippen LogP contribution in [0.4, 0.5) is 0 Å². The van der Waals surface area contributed by atoms with Crippen LogP contribution in [0.2, 0.25) is 5.02 Å². The Bertz CT molecular complexity index is 943. The molecule has 6 nitrogen and oxygen atoms in total. The van der Waals surface area contributed by atoms with Crippen molar-refractivity contribution >= 4 is 23.0 Å². The predicted molar refractivity (Wildman–Crippen MR) is 101 cm³/mol. The summed E-state index contributed by atoms with van der Waals surface area (Å²) in [4.78, 5) is 14.9. The van der Waals surface area contributed by atoms with Gasteiger partial charge in [-0.25, -0.2) is 0 Å². The van der Waals surface area contributed by atoms with Crippen molar-refractivity contribution in [3.63, 3.8) is 0 Å². The lowest BCUT2D eigenvalue weighted by atomic mass is 10.0. The minimum atomic E-state index is -0.149. The number of carbonyl (C=O) groups excluding carboxylic acids is 1. The van der Waals surface area contributed by atoms with Crippen molar-refractivity contribution < 1.29 is 4.79 Å². The summed E-state index contributed by atoms with van der Waals surface area (Å²) < 4.78 is 1.53. The number of aromatic nitrogens is 4. The van der Waals surface area contributed by atoms with Crippen molar-refractivity contribution in [2.45, 2.75) is 6.92 Å². The van der Waals surface area contributed by atoms with Gasteiger partial charge in [0.25, 0.3) is 0 Å². The fourth-order valence-electron chi connectivity index (χ4n) is 2.45. The molecule has 2 aromatic carbocycles. The standard InChI is InChI=1S/C19H18ClN5O/c1-13-4-6-14(7-5-13)18(26)17(12-24(2)3)19-21-22-23-25(19)16-10-8-15(20)9-11-16/h4-12H,1-3H3. The molecule has 0 unspecified atom stereocenters. The SMILES string of the molecule is Cc1ccc(C(=O)C(=CN(C)C)c2nnnn2-c2ccc(Cl)cc2)cc1. The van der Waals surface area contributed by atoms with Gasteiger partial charge in [-0.05, 0) is 41.6 Å². The summed E-state index contributed by atoms with van der Waals surface area (Å²) in [6.07, 6.45) is 1.72. The molecule has 0 spiro atoms. The highest BCUT2D eigenvalue weighted by atomic mass is 35.5. The Hall–Kier alpha value is -2.99. The van der Waals surface area contributed by atoms with Crippen molar-refractivity contribution in [3.8, 4) is 5.69 Å². The molecule has 0 radical (unpaired) electrons. The van der Waals surface area contributed by atoms with E-state index in [1.807, 2.05) is 33.2 Å². The first-order chi connectivity index (χ1) is 12.5. The first kappa shape index (κ1) is 17.8. The third-order valence-corrected chi connectivity index (χ3v) is 3.98. The maximum Gasteiger partial charge on any atom is 0.198 e. The van der Waals surface area contributed by atoms with Crippen LogP contribution in [-0.4, -0.2) is 45.0 Å². The third-order valence-electron chi connectivity index (χ3n) is 3.73. The molecule has 0 N–H and O–H groups in total. The van der Waals surface area contributed by atoms with E-state index in [1.54, 1.807) is 47.5 Å². The number of benzene rings is 2. The Labute approximate surface area is 156 Å².